The largest absolute Gasteiger partial charge is 0.324 e. The molecule has 0 radical (unpaired) electrons. The molecule has 0 aromatic heterocycles. The van der Waals surface area contributed by atoms with E-state index in [1.807, 2.05) is 13.0 Å². The molecule has 0 bridgehead atoms. The molecule has 19 heavy (non-hydrogen) atoms. The Bertz CT molecular complexity index is 550. The first-order valence-electron chi connectivity index (χ1n) is 6.71. The fraction of sp³-hybridized carbons (Fsp3) is 0.571. The number of nitrogens with two attached hydrogens (primary N) is 1. The van der Waals surface area contributed by atoms with Gasteiger partial charge in [-0.05, 0) is 42.4 Å². The molecule has 2 rings (SSSR count). The van der Waals surface area contributed by atoms with Crippen molar-refractivity contribution >= 4 is 10.0 Å². The van der Waals surface area contributed by atoms with E-state index in [1.165, 1.54) is 0 Å². The third-order valence-corrected chi connectivity index (χ3v) is 5.23. The van der Waals surface area contributed by atoms with E-state index in [-0.39, 0.29) is 11.5 Å². The highest BCUT2D eigenvalue weighted by molar-refractivity contribution is 7.89. The maximum atomic E-state index is 12.2. The van der Waals surface area contributed by atoms with E-state index in [0.717, 1.165) is 24.8 Å². The van der Waals surface area contributed by atoms with Crippen LogP contribution in [-0.2, 0) is 10.0 Å². The molecule has 4 nitrogen and oxygen atoms in total. The molecule has 1 aromatic carbocycles. The van der Waals surface area contributed by atoms with Crippen LogP contribution in [-0.4, -0.2) is 15.0 Å². The summed E-state index contributed by atoms with van der Waals surface area (Å²) < 4.78 is 27.1. The SMILES string of the molecule is CCC(N)c1cccc(S(=O)(=O)NCC2(C)CC2)c1. The van der Waals surface area contributed by atoms with Gasteiger partial charge in [0.1, 0.15) is 0 Å². The second-order valence-electron chi connectivity index (χ2n) is 5.72. The van der Waals surface area contributed by atoms with Crippen LogP contribution in [0.4, 0.5) is 0 Å². The van der Waals surface area contributed by atoms with Crippen LogP contribution in [0, 0.1) is 5.41 Å². The van der Waals surface area contributed by atoms with Crippen molar-refractivity contribution in [3.8, 4) is 0 Å². The summed E-state index contributed by atoms with van der Waals surface area (Å²) in [5.74, 6) is 0. The molecule has 1 aliphatic carbocycles. The molecular weight excluding hydrogens is 260 g/mol. The van der Waals surface area contributed by atoms with Crippen molar-refractivity contribution in [3.63, 3.8) is 0 Å². The van der Waals surface area contributed by atoms with Gasteiger partial charge in [0.05, 0.1) is 4.90 Å². The van der Waals surface area contributed by atoms with Crippen molar-refractivity contribution < 1.29 is 8.42 Å². The zero-order chi connectivity index (χ0) is 14.1. The summed E-state index contributed by atoms with van der Waals surface area (Å²) in [5, 5.41) is 0. The van der Waals surface area contributed by atoms with Gasteiger partial charge < -0.3 is 5.73 Å². The molecule has 1 atom stereocenters. The second kappa shape index (κ2) is 5.23. The molecule has 1 saturated carbocycles. The molecule has 106 valence electrons. The smallest absolute Gasteiger partial charge is 0.240 e. The zero-order valence-corrected chi connectivity index (χ0v) is 12.3. The van der Waals surface area contributed by atoms with Gasteiger partial charge in [-0.25, -0.2) is 13.1 Å². The number of nitrogens with one attached hydrogen (secondary N) is 1. The van der Waals surface area contributed by atoms with Crippen LogP contribution in [0.1, 0.15) is 44.7 Å². The van der Waals surface area contributed by atoms with Gasteiger partial charge in [0.25, 0.3) is 0 Å². The van der Waals surface area contributed by atoms with E-state index in [2.05, 4.69) is 11.6 Å². The van der Waals surface area contributed by atoms with Gasteiger partial charge in [0, 0.05) is 12.6 Å². The fourth-order valence-corrected chi connectivity index (χ4v) is 3.14. The van der Waals surface area contributed by atoms with Crippen LogP contribution in [0.5, 0.6) is 0 Å². The van der Waals surface area contributed by atoms with Crippen LogP contribution >= 0.6 is 0 Å². The summed E-state index contributed by atoms with van der Waals surface area (Å²) in [5.41, 5.74) is 6.97. The first-order chi connectivity index (χ1) is 8.86. The Labute approximate surface area is 115 Å². The molecule has 1 fully saturated rings. The number of benzene rings is 1. The Hall–Kier alpha value is -0.910. The summed E-state index contributed by atoms with van der Waals surface area (Å²) >= 11 is 0. The average molecular weight is 282 g/mol. The van der Waals surface area contributed by atoms with E-state index in [1.54, 1.807) is 18.2 Å². The standard InChI is InChI=1S/C14H22N2O2S/c1-3-13(15)11-5-4-6-12(9-11)19(17,18)16-10-14(2)7-8-14/h4-6,9,13,16H,3,7-8,10,15H2,1-2H3. The summed E-state index contributed by atoms with van der Waals surface area (Å²) in [6, 6.07) is 6.79. The van der Waals surface area contributed by atoms with Gasteiger partial charge in [0.15, 0.2) is 0 Å². The number of sulfonamides is 1. The van der Waals surface area contributed by atoms with Crippen molar-refractivity contribution in [2.75, 3.05) is 6.54 Å². The van der Waals surface area contributed by atoms with Gasteiger partial charge in [-0.1, -0.05) is 26.0 Å². The Morgan fingerprint density at radius 2 is 2.11 bits per heavy atom. The van der Waals surface area contributed by atoms with E-state index in [9.17, 15) is 8.42 Å². The van der Waals surface area contributed by atoms with Crippen LogP contribution in [0.15, 0.2) is 29.2 Å². The lowest BCUT2D eigenvalue weighted by atomic mass is 10.1. The lowest BCUT2D eigenvalue weighted by molar-refractivity contribution is 0.530. The zero-order valence-electron chi connectivity index (χ0n) is 11.5. The van der Waals surface area contributed by atoms with E-state index < -0.39 is 10.0 Å². The highest BCUT2D eigenvalue weighted by Gasteiger charge is 2.38. The van der Waals surface area contributed by atoms with E-state index in [4.69, 9.17) is 5.73 Å². The average Bonchev–Trinajstić information content (AvgIpc) is 3.14. The third kappa shape index (κ3) is 3.55. The summed E-state index contributed by atoms with van der Waals surface area (Å²) in [4.78, 5) is 0.304. The van der Waals surface area contributed by atoms with Gasteiger partial charge in [-0.15, -0.1) is 0 Å². The minimum absolute atomic E-state index is 0.115. The Morgan fingerprint density at radius 3 is 2.68 bits per heavy atom. The summed E-state index contributed by atoms with van der Waals surface area (Å²) in [6.07, 6.45) is 2.97. The van der Waals surface area contributed by atoms with Gasteiger partial charge in [-0.2, -0.15) is 0 Å². The number of rotatable bonds is 6. The molecule has 0 heterocycles. The molecule has 0 aliphatic heterocycles. The maximum Gasteiger partial charge on any atom is 0.240 e. The molecule has 0 saturated heterocycles. The normalized spacial score (nSPS) is 19.1. The molecule has 0 amide bonds. The summed E-state index contributed by atoms with van der Waals surface area (Å²) in [7, 11) is -3.42. The number of hydrogen-bond donors (Lipinski definition) is 2. The Kier molecular flexibility index (Phi) is 3.99. The van der Waals surface area contributed by atoms with Crippen molar-refractivity contribution in [2.24, 2.45) is 11.1 Å². The van der Waals surface area contributed by atoms with Crippen molar-refractivity contribution in [2.45, 2.75) is 44.0 Å². The molecule has 0 spiro atoms. The molecular formula is C14H22N2O2S. The highest BCUT2D eigenvalue weighted by Crippen LogP contribution is 2.44. The van der Waals surface area contributed by atoms with Gasteiger partial charge in [-0.3, -0.25) is 0 Å². The predicted molar refractivity (Wildman–Crippen MR) is 76.2 cm³/mol. The third-order valence-electron chi connectivity index (χ3n) is 3.83. The maximum absolute atomic E-state index is 12.2. The lowest BCUT2D eigenvalue weighted by Gasteiger charge is -2.13. The first-order valence-corrected chi connectivity index (χ1v) is 8.20. The molecule has 3 N–H and O–H groups in total. The van der Waals surface area contributed by atoms with E-state index in [0.29, 0.717) is 11.4 Å². The second-order valence-corrected chi connectivity index (χ2v) is 7.49. The molecule has 1 aromatic rings. The van der Waals surface area contributed by atoms with Crippen LogP contribution in [0.3, 0.4) is 0 Å². The highest BCUT2D eigenvalue weighted by atomic mass is 32.2. The monoisotopic (exact) mass is 282 g/mol. The van der Waals surface area contributed by atoms with E-state index >= 15 is 0 Å². The van der Waals surface area contributed by atoms with Crippen LogP contribution in [0.2, 0.25) is 0 Å². The Balaban J connectivity index is 2.15. The topological polar surface area (TPSA) is 72.2 Å². The number of hydrogen-bond acceptors (Lipinski definition) is 3. The fourth-order valence-electron chi connectivity index (χ4n) is 1.89. The van der Waals surface area contributed by atoms with Crippen LogP contribution in [0.25, 0.3) is 0 Å². The Morgan fingerprint density at radius 1 is 1.42 bits per heavy atom. The van der Waals surface area contributed by atoms with Gasteiger partial charge in [0.2, 0.25) is 10.0 Å². The molecule has 5 heteroatoms. The minimum atomic E-state index is -3.42. The van der Waals surface area contributed by atoms with Gasteiger partial charge >= 0.3 is 0 Å². The van der Waals surface area contributed by atoms with Crippen LogP contribution < -0.4 is 10.5 Å². The molecule has 1 aliphatic rings. The van der Waals surface area contributed by atoms with Crippen molar-refractivity contribution in [3.05, 3.63) is 29.8 Å². The van der Waals surface area contributed by atoms with Crippen molar-refractivity contribution in [1.29, 1.82) is 0 Å². The van der Waals surface area contributed by atoms with Crippen molar-refractivity contribution in [1.82, 2.24) is 4.72 Å². The molecule has 1 unspecified atom stereocenters. The predicted octanol–water partition coefficient (Wildman–Crippen LogP) is 2.17. The minimum Gasteiger partial charge on any atom is -0.324 e. The first kappa shape index (κ1) is 14.5. The summed E-state index contributed by atoms with van der Waals surface area (Å²) in [6.45, 7) is 4.59. The lowest BCUT2D eigenvalue weighted by Crippen LogP contribution is -2.29. The quantitative estimate of drug-likeness (QED) is 0.840.